The molecular formula is C17H16N4O3. The summed E-state index contributed by atoms with van der Waals surface area (Å²) in [5, 5.41) is 10.0. The summed E-state index contributed by atoms with van der Waals surface area (Å²) in [5.41, 5.74) is 2.56. The minimum atomic E-state index is -0.468. The van der Waals surface area contributed by atoms with Crippen molar-refractivity contribution in [1.82, 2.24) is 9.88 Å². The Bertz CT molecular complexity index is 886. The van der Waals surface area contributed by atoms with E-state index in [1.165, 1.54) is 4.90 Å². The molecule has 0 aliphatic carbocycles. The van der Waals surface area contributed by atoms with Crippen molar-refractivity contribution in [3.05, 3.63) is 29.5 Å². The lowest BCUT2D eigenvalue weighted by Gasteiger charge is -2.18. The fourth-order valence-electron chi connectivity index (χ4n) is 3.69. The van der Waals surface area contributed by atoms with Gasteiger partial charge in [0.25, 0.3) is 5.91 Å². The van der Waals surface area contributed by atoms with Gasteiger partial charge in [-0.2, -0.15) is 5.26 Å². The lowest BCUT2D eigenvalue weighted by molar-refractivity contribution is -0.119. The topological polar surface area (TPSA) is 89.4 Å². The number of carbonyl (C=O) groups excluding carboxylic acids is 2. The number of benzene rings is 1. The Morgan fingerprint density at radius 1 is 1.38 bits per heavy atom. The normalized spacial score (nSPS) is 23.2. The summed E-state index contributed by atoms with van der Waals surface area (Å²) in [6, 6.07) is 4.92. The molecule has 2 fully saturated rings. The largest absolute Gasteiger partial charge is 0.380 e. The van der Waals surface area contributed by atoms with Gasteiger partial charge in [-0.25, -0.2) is 9.69 Å². The van der Waals surface area contributed by atoms with Crippen molar-refractivity contribution in [1.29, 1.82) is 5.26 Å². The number of aromatic nitrogens is 1. The maximum atomic E-state index is 12.8. The summed E-state index contributed by atoms with van der Waals surface area (Å²) in [5.74, 6) is -0.238. The number of imide groups is 1. The highest BCUT2D eigenvalue weighted by atomic mass is 16.5. The van der Waals surface area contributed by atoms with Crippen LogP contribution in [-0.4, -0.2) is 47.6 Å². The van der Waals surface area contributed by atoms with Gasteiger partial charge in [0.05, 0.1) is 22.9 Å². The van der Waals surface area contributed by atoms with Crippen LogP contribution >= 0.6 is 0 Å². The Labute approximate surface area is 138 Å². The van der Waals surface area contributed by atoms with Crippen LogP contribution in [0.3, 0.4) is 0 Å². The Balaban J connectivity index is 1.81. The standard InChI is InChI=1S/C17H16N4O3/c1-9-3-4-12(15-14(9)10(6-18)7-19-15)21-16(22)13-5-11(24-2)8-20(13)17(21)23/h3-4,7,11,13,19H,5,8H2,1-2H3/t11-,13+/m1/s1. The van der Waals surface area contributed by atoms with Gasteiger partial charge in [0.2, 0.25) is 0 Å². The molecule has 2 saturated heterocycles. The minimum Gasteiger partial charge on any atom is -0.380 e. The number of aryl methyl sites for hydroxylation is 1. The van der Waals surface area contributed by atoms with Gasteiger partial charge < -0.3 is 14.6 Å². The molecule has 2 aliphatic heterocycles. The quantitative estimate of drug-likeness (QED) is 0.854. The molecule has 1 N–H and O–H groups in total. The first kappa shape index (κ1) is 14.7. The molecule has 1 aromatic carbocycles. The number of H-pyrrole nitrogens is 1. The SMILES string of the molecule is CO[C@@H]1C[C@H]2C(=O)N(c3ccc(C)c4c(C#N)c[nH]c34)C(=O)N2C1. The lowest BCUT2D eigenvalue weighted by Crippen LogP contribution is -2.35. The molecule has 3 amide bonds. The van der Waals surface area contributed by atoms with Crippen molar-refractivity contribution in [2.45, 2.75) is 25.5 Å². The van der Waals surface area contributed by atoms with Crippen LogP contribution in [0.1, 0.15) is 17.5 Å². The highest BCUT2D eigenvalue weighted by Crippen LogP contribution is 2.37. The number of anilines is 1. The van der Waals surface area contributed by atoms with Crippen molar-refractivity contribution >= 4 is 28.5 Å². The van der Waals surface area contributed by atoms with Gasteiger partial charge in [-0.05, 0) is 18.6 Å². The van der Waals surface area contributed by atoms with Gasteiger partial charge in [-0.1, -0.05) is 6.07 Å². The molecule has 0 bridgehead atoms. The first-order chi connectivity index (χ1) is 11.6. The van der Waals surface area contributed by atoms with E-state index in [4.69, 9.17) is 4.74 Å². The number of amides is 3. The van der Waals surface area contributed by atoms with E-state index < -0.39 is 6.04 Å². The number of hydrogen-bond acceptors (Lipinski definition) is 4. The summed E-state index contributed by atoms with van der Waals surface area (Å²) in [4.78, 5) is 31.4. The van der Waals surface area contributed by atoms with Gasteiger partial charge in [0.15, 0.2) is 0 Å². The average Bonchev–Trinajstić information content (AvgIpc) is 3.25. The average molecular weight is 324 g/mol. The second-order valence-electron chi connectivity index (χ2n) is 6.18. The number of aromatic amines is 1. The molecule has 0 unspecified atom stereocenters. The van der Waals surface area contributed by atoms with E-state index in [2.05, 4.69) is 11.1 Å². The second kappa shape index (κ2) is 5.08. The Kier molecular flexibility index (Phi) is 3.11. The summed E-state index contributed by atoms with van der Waals surface area (Å²) in [7, 11) is 1.59. The Morgan fingerprint density at radius 2 is 2.17 bits per heavy atom. The van der Waals surface area contributed by atoms with Crippen LogP contribution in [0, 0.1) is 18.3 Å². The highest BCUT2D eigenvalue weighted by molar-refractivity contribution is 6.24. The predicted octanol–water partition coefficient (Wildman–Crippen LogP) is 1.90. The predicted molar refractivity (Wildman–Crippen MR) is 86.5 cm³/mol. The van der Waals surface area contributed by atoms with Gasteiger partial charge in [-0.3, -0.25) is 4.79 Å². The molecule has 4 rings (SSSR count). The van der Waals surface area contributed by atoms with Gasteiger partial charge in [0.1, 0.15) is 12.1 Å². The number of nitrogens with one attached hydrogen (secondary N) is 1. The molecular weight excluding hydrogens is 308 g/mol. The number of rotatable bonds is 2. The summed E-state index contributed by atoms with van der Waals surface area (Å²) >= 11 is 0. The van der Waals surface area contributed by atoms with Crippen LogP contribution in [0.5, 0.6) is 0 Å². The first-order valence-corrected chi connectivity index (χ1v) is 7.75. The third-order valence-corrected chi connectivity index (χ3v) is 4.92. The fraction of sp³-hybridized carbons (Fsp3) is 0.353. The molecule has 0 saturated carbocycles. The molecule has 122 valence electrons. The van der Waals surface area contributed by atoms with Crippen molar-refractivity contribution in [2.24, 2.45) is 0 Å². The zero-order valence-electron chi connectivity index (χ0n) is 13.4. The third kappa shape index (κ3) is 1.80. The van der Waals surface area contributed by atoms with Gasteiger partial charge >= 0.3 is 6.03 Å². The number of urea groups is 1. The molecule has 0 radical (unpaired) electrons. The van der Waals surface area contributed by atoms with E-state index in [9.17, 15) is 14.9 Å². The van der Waals surface area contributed by atoms with E-state index in [1.54, 1.807) is 24.3 Å². The zero-order valence-corrected chi connectivity index (χ0v) is 13.4. The number of ether oxygens (including phenoxy) is 1. The fourth-order valence-corrected chi connectivity index (χ4v) is 3.69. The van der Waals surface area contributed by atoms with Crippen LogP contribution in [-0.2, 0) is 9.53 Å². The van der Waals surface area contributed by atoms with Crippen LogP contribution in [0.25, 0.3) is 10.9 Å². The van der Waals surface area contributed by atoms with Gasteiger partial charge in [-0.15, -0.1) is 0 Å². The second-order valence-corrected chi connectivity index (χ2v) is 6.18. The van der Waals surface area contributed by atoms with E-state index in [0.717, 1.165) is 10.9 Å². The van der Waals surface area contributed by atoms with E-state index >= 15 is 0 Å². The summed E-state index contributed by atoms with van der Waals surface area (Å²) in [6.45, 7) is 2.32. The van der Waals surface area contributed by atoms with Gasteiger partial charge in [0, 0.05) is 31.7 Å². The molecule has 0 spiro atoms. The maximum absolute atomic E-state index is 12.8. The van der Waals surface area contributed by atoms with Crippen LogP contribution in [0.2, 0.25) is 0 Å². The molecule has 24 heavy (non-hydrogen) atoms. The number of carbonyl (C=O) groups is 2. The Morgan fingerprint density at radius 3 is 2.83 bits per heavy atom. The molecule has 2 aliphatic rings. The highest BCUT2D eigenvalue weighted by Gasteiger charge is 2.51. The Hall–Kier alpha value is -2.85. The van der Waals surface area contributed by atoms with E-state index in [1.807, 2.05) is 13.0 Å². The third-order valence-electron chi connectivity index (χ3n) is 4.92. The van der Waals surface area contributed by atoms with E-state index in [-0.39, 0.29) is 18.0 Å². The molecule has 3 heterocycles. The summed E-state index contributed by atoms with van der Waals surface area (Å²) < 4.78 is 5.28. The van der Waals surface area contributed by atoms with E-state index in [0.29, 0.717) is 29.7 Å². The number of fused-ring (bicyclic) bond motifs is 2. The molecule has 2 atom stereocenters. The number of nitriles is 1. The van der Waals surface area contributed by atoms with Crippen molar-refractivity contribution in [3.63, 3.8) is 0 Å². The zero-order chi connectivity index (χ0) is 17.0. The minimum absolute atomic E-state index is 0.0984. The van der Waals surface area contributed by atoms with Crippen molar-refractivity contribution < 1.29 is 14.3 Å². The van der Waals surface area contributed by atoms with Crippen molar-refractivity contribution in [2.75, 3.05) is 18.6 Å². The molecule has 2 aromatic rings. The lowest BCUT2D eigenvalue weighted by atomic mass is 10.1. The van der Waals surface area contributed by atoms with Crippen molar-refractivity contribution in [3.8, 4) is 6.07 Å². The summed E-state index contributed by atoms with van der Waals surface area (Å²) in [6.07, 6.45) is 2.02. The van der Waals surface area contributed by atoms with Crippen LogP contribution < -0.4 is 4.90 Å². The molecule has 7 nitrogen and oxygen atoms in total. The van der Waals surface area contributed by atoms with Crippen LogP contribution in [0.4, 0.5) is 10.5 Å². The number of methoxy groups -OCH3 is 1. The number of nitrogens with zero attached hydrogens (tertiary/aromatic N) is 3. The number of hydrogen-bond donors (Lipinski definition) is 1. The van der Waals surface area contributed by atoms with Crippen LogP contribution in [0.15, 0.2) is 18.3 Å². The molecule has 1 aromatic heterocycles. The smallest absolute Gasteiger partial charge is 0.332 e. The monoisotopic (exact) mass is 324 g/mol. The maximum Gasteiger partial charge on any atom is 0.332 e. The first-order valence-electron chi connectivity index (χ1n) is 7.75. The molecule has 7 heteroatoms.